The maximum absolute atomic E-state index is 9.70. The van der Waals surface area contributed by atoms with Crippen molar-refractivity contribution in [3.05, 3.63) is 83.9 Å². The second kappa shape index (κ2) is 8.32. The van der Waals surface area contributed by atoms with Gasteiger partial charge in [-0.1, -0.05) is 48.5 Å². The van der Waals surface area contributed by atoms with Gasteiger partial charge in [-0.25, -0.2) is 0 Å². The molecule has 0 atom stereocenters. The predicted molar refractivity (Wildman–Crippen MR) is 109 cm³/mol. The van der Waals surface area contributed by atoms with E-state index in [0.29, 0.717) is 12.3 Å². The van der Waals surface area contributed by atoms with Gasteiger partial charge in [-0.05, 0) is 53.4 Å². The highest BCUT2D eigenvalue weighted by molar-refractivity contribution is 5.70. The van der Waals surface area contributed by atoms with Gasteiger partial charge in [-0.15, -0.1) is 0 Å². The summed E-state index contributed by atoms with van der Waals surface area (Å²) in [6.07, 6.45) is 2.03. The fraction of sp³-hybridized carbons (Fsp3) is 0.130. The number of methoxy groups -OCH3 is 1. The van der Waals surface area contributed by atoms with Crippen molar-refractivity contribution in [1.82, 2.24) is 5.32 Å². The first-order valence-corrected chi connectivity index (χ1v) is 8.76. The molecule has 3 rings (SSSR count). The first-order chi connectivity index (χ1) is 13.1. The minimum absolute atomic E-state index is 0.136. The molecule has 3 aromatic rings. The van der Waals surface area contributed by atoms with Crippen molar-refractivity contribution < 1.29 is 14.9 Å². The number of benzene rings is 3. The molecule has 0 aromatic heterocycles. The topological polar surface area (TPSA) is 61.7 Å². The number of rotatable bonds is 6. The van der Waals surface area contributed by atoms with Crippen LogP contribution < -0.4 is 10.1 Å². The van der Waals surface area contributed by atoms with E-state index in [4.69, 9.17) is 4.74 Å². The monoisotopic (exact) mass is 361 g/mol. The molecule has 0 aliphatic carbocycles. The Hall–Kier alpha value is -3.40. The van der Waals surface area contributed by atoms with Gasteiger partial charge >= 0.3 is 0 Å². The van der Waals surface area contributed by atoms with Crippen LogP contribution in [0.4, 0.5) is 0 Å². The van der Waals surface area contributed by atoms with E-state index in [1.54, 1.807) is 25.3 Å². The molecule has 138 valence electrons. The van der Waals surface area contributed by atoms with Crippen LogP contribution in [0.2, 0.25) is 0 Å². The molecule has 0 saturated heterocycles. The molecule has 0 heterocycles. The second-order valence-corrected chi connectivity index (χ2v) is 6.19. The van der Waals surface area contributed by atoms with Crippen LogP contribution >= 0.6 is 0 Å². The van der Waals surface area contributed by atoms with Crippen LogP contribution in [-0.2, 0) is 6.54 Å². The molecule has 0 spiro atoms. The van der Waals surface area contributed by atoms with Crippen LogP contribution in [0.1, 0.15) is 18.1 Å². The van der Waals surface area contributed by atoms with Gasteiger partial charge in [0.1, 0.15) is 5.75 Å². The van der Waals surface area contributed by atoms with Crippen LogP contribution in [0.25, 0.3) is 16.8 Å². The Bertz CT molecular complexity index is 929. The van der Waals surface area contributed by atoms with E-state index in [1.165, 1.54) is 0 Å². The number of hydrogen-bond donors (Lipinski definition) is 3. The number of nitrogens with one attached hydrogen (secondary N) is 1. The van der Waals surface area contributed by atoms with Gasteiger partial charge in [-0.2, -0.15) is 0 Å². The summed E-state index contributed by atoms with van der Waals surface area (Å²) in [5.41, 5.74) is 5.29. The van der Waals surface area contributed by atoms with Crippen LogP contribution in [0, 0.1) is 0 Å². The highest BCUT2D eigenvalue weighted by atomic mass is 16.5. The Morgan fingerprint density at radius 2 is 1.56 bits per heavy atom. The summed E-state index contributed by atoms with van der Waals surface area (Å²) >= 11 is 0. The van der Waals surface area contributed by atoms with E-state index in [2.05, 4.69) is 29.6 Å². The molecule has 4 heteroatoms. The number of ether oxygens (including phenoxy) is 1. The Labute approximate surface area is 159 Å². The lowest BCUT2D eigenvalue weighted by atomic mass is 10.0. The SMILES string of the molecule is C/C=C(/NCc1ccc(O)c(OC)c1)c1ccc(-c2ccc(O)cc2)cc1. The highest BCUT2D eigenvalue weighted by Gasteiger charge is 2.05. The summed E-state index contributed by atoms with van der Waals surface area (Å²) in [6, 6.07) is 20.8. The average Bonchev–Trinajstić information content (AvgIpc) is 2.70. The third-order valence-electron chi connectivity index (χ3n) is 4.41. The van der Waals surface area contributed by atoms with Crippen LogP contribution in [0.15, 0.2) is 72.8 Å². The molecule has 0 bridgehead atoms. The Morgan fingerprint density at radius 1 is 0.926 bits per heavy atom. The summed E-state index contributed by atoms with van der Waals surface area (Å²) in [5.74, 6) is 0.869. The zero-order valence-corrected chi connectivity index (χ0v) is 15.4. The second-order valence-electron chi connectivity index (χ2n) is 6.19. The molecule has 0 saturated carbocycles. The van der Waals surface area contributed by atoms with E-state index >= 15 is 0 Å². The molecule has 0 amide bonds. The van der Waals surface area contributed by atoms with Crippen molar-refractivity contribution in [3.63, 3.8) is 0 Å². The summed E-state index contributed by atoms with van der Waals surface area (Å²) in [4.78, 5) is 0. The van der Waals surface area contributed by atoms with Gasteiger partial charge in [0.15, 0.2) is 11.5 Å². The number of aromatic hydroxyl groups is 2. The molecular weight excluding hydrogens is 338 g/mol. The molecule has 0 radical (unpaired) electrons. The summed E-state index contributed by atoms with van der Waals surface area (Å²) in [5, 5.41) is 22.5. The Kier molecular flexibility index (Phi) is 5.67. The lowest BCUT2D eigenvalue weighted by Gasteiger charge is -2.13. The van der Waals surface area contributed by atoms with E-state index in [9.17, 15) is 10.2 Å². The lowest BCUT2D eigenvalue weighted by molar-refractivity contribution is 0.373. The molecule has 0 aliphatic rings. The molecule has 0 aliphatic heterocycles. The molecule has 3 N–H and O–H groups in total. The third kappa shape index (κ3) is 4.42. The first kappa shape index (κ1) is 18.4. The van der Waals surface area contributed by atoms with Crippen molar-refractivity contribution in [2.45, 2.75) is 13.5 Å². The minimum atomic E-state index is 0.136. The van der Waals surface area contributed by atoms with Crippen LogP contribution in [0.3, 0.4) is 0 Å². The largest absolute Gasteiger partial charge is 0.508 e. The smallest absolute Gasteiger partial charge is 0.160 e. The van der Waals surface area contributed by atoms with Crippen molar-refractivity contribution in [2.24, 2.45) is 0 Å². The zero-order valence-electron chi connectivity index (χ0n) is 15.4. The molecule has 4 nitrogen and oxygen atoms in total. The molecular formula is C23H23NO3. The summed E-state index contributed by atoms with van der Waals surface area (Å²) < 4.78 is 5.16. The van der Waals surface area contributed by atoms with Gasteiger partial charge in [-0.3, -0.25) is 0 Å². The molecule has 0 unspecified atom stereocenters. The molecule has 27 heavy (non-hydrogen) atoms. The van der Waals surface area contributed by atoms with Gasteiger partial charge in [0.05, 0.1) is 7.11 Å². The van der Waals surface area contributed by atoms with Crippen molar-refractivity contribution in [3.8, 4) is 28.4 Å². The predicted octanol–water partition coefficient (Wildman–Crippen LogP) is 4.92. The lowest BCUT2D eigenvalue weighted by Crippen LogP contribution is -2.11. The maximum Gasteiger partial charge on any atom is 0.160 e. The quantitative estimate of drug-likeness (QED) is 0.583. The van der Waals surface area contributed by atoms with Gasteiger partial charge in [0.2, 0.25) is 0 Å². The third-order valence-corrected chi connectivity index (χ3v) is 4.41. The number of allylic oxidation sites excluding steroid dienone is 1. The van der Waals surface area contributed by atoms with Crippen LogP contribution in [-0.4, -0.2) is 17.3 Å². The van der Waals surface area contributed by atoms with Crippen molar-refractivity contribution in [1.29, 1.82) is 0 Å². The van der Waals surface area contributed by atoms with E-state index in [1.807, 2.05) is 37.3 Å². The van der Waals surface area contributed by atoms with Crippen LogP contribution in [0.5, 0.6) is 17.2 Å². The average molecular weight is 361 g/mol. The Morgan fingerprint density at radius 3 is 2.15 bits per heavy atom. The van der Waals surface area contributed by atoms with E-state index < -0.39 is 0 Å². The normalized spacial score (nSPS) is 11.3. The standard InChI is InChI=1S/C23H23NO3/c1-3-21(24-15-16-4-13-22(26)23(14-16)27-2)19-7-5-17(6-8-19)18-9-11-20(25)12-10-18/h3-14,24-26H,15H2,1-2H3/b21-3+. The molecule has 0 fully saturated rings. The number of phenolic OH excluding ortho intramolecular Hbond substituents is 2. The number of phenols is 2. The van der Waals surface area contributed by atoms with Gasteiger partial charge in [0.25, 0.3) is 0 Å². The highest BCUT2D eigenvalue weighted by Crippen LogP contribution is 2.27. The van der Waals surface area contributed by atoms with E-state index in [0.717, 1.165) is 28.0 Å². The van der Waals surface area contributed by atoms with Crippen molar-refractivity contribution in [2.75, 3.05) is 7.11 Å². The fourth-order valence-electron chi connectivity index (χ4n) is 2.90. The molecule has 3 aromatic carbocycles. The van der Waals surface area contributed by atoms with E-state index in [-0.39, 0.29) is 11.5 Å². The first-order valence-electron chi connectivity index (χ1n) is 8.76. The Balaban J connectivity index is 1.71. The number of hydrogen-bond acceptors (Lipinski definition) is 4. The minimum Gasteiger partial charge on any atom is -0.508 e. The van der Waals surface area contributed by atoms with Gasteiger partial charge in [0, 0.05) is 12.2 Å². The zero-order chi connectivity index (χ0) is 19.2. The fourth-order valence-corrected chi connectivity index (χ4v) is 2.90. The summed E-state index contributed by atoms with van der Waals surface area (Å²) in [7, 11) is 1.54. The van der Waals surface area contributed by atoms with Gasteiger partial charge < -0.3 is 20.3 Å². The summed E-state index contributed by atoms with van der Waals surface area (Å²) in [6.45, 7) is 2.61. The van der Waals surface area contributed by atoms with Crippen molar-refractivity contribution >= 4 is 5.70 Å². The maximum atomic E-state index is 9.70.